The van der Waals surface area contributed by atoms with E-state index in [2.05, 4.69) is 10.3 Å². The summed E-state index contributed by atoms with van der Waals surface area (Å²) >= 11 is 6.09. The second-order valence-electron chi connectivity index (χ2n) is 4.72. The van der Waals surface area contributed by atoms with Gasteiger partial charge in [0.1, 0.15) is 5.75 Å². The maximum atomic E-state index is 9.99. The number of hydrogen-bond donors (Lipinski definition) is 2. The Bertz CT molecular complexity index is 578. The third-order valence-corrected chi connectivity index (χ3v) is 3.41. The van der Waals surface area contributed by atoms with Crippen molar-refractivity contribution in [3.63, 3.8) is 0 Å². The van der Waals surface area contributed by atoms with Crippen LogP contribution in [0.2, 0.25) is 5.15 Å². The van der Waals surface area contributed by atoms with Crippen LogP contribution >= 0.6 is 11.6 Å². The summed E-state index contributed by atoms with van der Waals surface area (Å²) in [6, 6.07) is 7.50. The molecule has 4 heteroatoms. The van der Waals surface area contributed by atoms with Gasteiger partial charge in [0.25, 0.3) is 0 Å². The Balaban J connectivity index is 2.28. The lowest BCUT2D eigenvalue weighted by atomic mass is 10.0. The van der Waals surface area contributed by atoms with Gasteiger partial charge in [0, 0.05) is 11.8 Å². The van der Waals surface area contributed by atoms with Gasteiger partial charge in [0.15, 0.2) is 5.15 Å². The molecule has 0 aliphatic heterocycles. The van der Waals surface area contributed by atoms with Crippen molar-refractivity contribution in [2.24, 2.45) is 0 Å². The molecule has 0 aliphatic rings. The van der Waals surface area contributed by atoms with E-state index in [9.17, 15) is 5.11 Å². The smallest absolute Gasteiger partial charge is 0.152 e. The van der Waals surface area contributed by atoms with Crippen molar-refractivity contribution in [3.05, 3.63) is 52.3 Å². The van der Waals surface area contributed by atoms with Crippen LogP contribution in [0.3, 0.4) is 0 Å². The Morgan fingerprint density at radius 1 is 1.26 bits per heavy atom. The maximum absolute atomic E-state index is 9.99. The Morgan fingerprint density at radius 2 is 2.00 bits per heavy atom. The highest BCUT2D eigenvalue weighted by Gasteiger charge is 2.13. The monoisotopic (exact) mass is 276 g/mol. The third kappa shape index (κ3) is 2.99. The molecule has 0 spiro atoms. The van der Waals surface area contributed by atoms with Crippen molar-refractivity contribution >= 4 is 17.3 Å². The van der Waals surface area contributed by atoms with Crippen molar-refractivity contribution in [2.45, 2.75) is 26.8 Å². The highest BCUT2D eigenvalue weighted by atomic mass is 35.5. The number of aryl methyl sites for hydroxylation is 2. The predicted molar refractivity (Wildman–Crippen MR) is 78.9 cm³/mol. The van der Waals surface area contributed by atoms with Crippen molar-refractivity contribution in [1.29, 1.82) is 0 Å². The molecule has 2 aromatic rings. The zero-order chi connectivity index (χ0) is 14.0. The number of aromatic nitrogens is 1. The van der Waals surface area contributed by atoms with Gasteiger partial charge >= 0.3 is 0 Å². The van der Waals surface area contributed by atoms with Crippen molar-refractivity contribution < 1.29 is 5.11 Å². The summed E-state index contributed by atoms with van der Waals surface area (Å²) in [5, 5.41) is 13.7. The van der Waals surface area contributed by atoms with Gasteiger partial charge in [0.2, 0.25) is 0 Å². The normalized spacial score (nSPS) is 12.2. The van der Waals surface area contributed by atoms with Crippen LogP contribution in [-0.4, -0.2) is 10.1 Å². The number of anilines is 1. The Hall–Kier alpha value is -1.74. The molecule has 2 N–H and O–H groups in total. The zero-order valence-corrected chi connectivity index (χ0v) is 12.0. The average Bonchev–Trinajstić information content (AvgIpc) is 2.33. The van der Waals surface area contributed by atoms with Gasteiger partial charge < -0.3 is 10.4 Å². The molecule has 3 nitrogen and oxygen atoms in total. The number of nitrogens with zero attached hydrogens (tertiary/aromatic N) is 1. The Labute approximate surface area is 118 Å². The minimum atomic E-state index is -0.0546. The van der Waals surface area contributed by atoms with Gasteiger partial charge in [-0.3, -0.25) is 0 Å². The van der Waals surface area contributed by atoms with E-state index in [4.69, 9.17) is 11.6 Å². The van der Waals surface area contributed by atoms with Crippen LogP contribution in [0.1, 0.15) is 29.7 Å². The second kappa shape index (κ2) is 5.49. The first kappa shape index (κ1) is 13.7. The third-order valence-electron chi connectivity index (χ3n) is 3.13. The Morgan fingerprint density at radius 3 is 2.63 bits per heavy atom. The molecule has 0 bridgehead atoms. The molecule has 1 unspecified atom stereocenters. The van der Waals surface area contributed by atoms with Crippen LogP contribution in [0.4, 0.5) is 5.69 Å². The second-order valence-corrected chi connectivity index (χ2v) is 5.08. The summed E-state index contributed by atoms with van der Waals surface area (Å²) in [6.45, 7) is 5.90. The number of halogens is 1. The fourth-order valence-corrected chi connectivity index (χ4v) is 2.27. The molecule has 0 saturated carbocycles. The van der Waals surface area contributed by atoms with Crippen molar-refractivity contribution in [2.75, 3.05) is 5.32 Å². The van der Waals surface area contributed by atoms with Crippen LogP contribution < -0.4 is 5.32 Å². The molecule has 19 heavy (non-hydrogen) atoms. The molecular formula is C15H17ClN2O. The summed E-state index contributed by atoms with van der Waals surface area (Å²) in [7, 11) is 0. The fraction of sp³-hybridized carbons (Fsp3) is 0.267. The predicted octanol–water partition coefficient (Wildman–Crippen LogP) is 4.23. The lowest BCUT2D eigenvalue weighted by Crippen LogP contribution is -2.09. The first-order valence-corrected chi connectivity index (χ1v) is 6.54. The van der Waals surface area contributed by atoms with E-state index < -0.39 is 0 Å². The molecule has 1 aromatic heterocycles. The molecule has 2 rings (SSSR count). The summed E-state index contributed by atoms with van der Waals surface area (Å²) in [6.07, 6.45) is 1.68. The largest absolute Gasteiger partial charge is 0.508 e. The minimum absolute atomic E-state index is 0.0546. The van der Waals surface area contributed by atoms with E-state index in [1.165, 1.54) is 0 Å². The van der Waals surface area contributed by atoms with E-state index in [0.29, 0.717) is 5.15 Å². The van der Waals surface area contributed by atoms with Crippen LogP contribution in [0.5, 0.6) is 5.75 Å². The molecule has 0 fully saturated rings. The lowest BCUT2D eigenvalue weighted by Gasteiger charge is -2.19. The highest BCUT2D eigenvalue weighted by Crippen LogP contribution is 2.31. The zero-order valence-electron chi connectivity index (χ0n) is 11.2. The first-order chi connectivity index (χ1) is 8.99. The van der Waals surface area contributed by atoms with E-state index in [1.54, 1.807) is 12.3 Å². The number of phenolic OH excluding ortho intramolecular Hbond substituents is 1. The molecule has 0 amide bonds. The van der Waals surface area contributed by atoms with Gasteiger partial charge in [-0.05, 0) is 44.0 Å². The molecule has 1 heterocycles. The summed E-state index contributed by atoms with van der Waals surface area (Å²) in [5.74, 6) is 0.290. The van der Waals surface area contributed by atoms with Crippen LogP contribution in [0.25, 0.3) is 0 Å². The molecule has 0 saturated heterocycles. The van der Waals surface area contributed by atoms with Gasteiger partial charge in [-0.15, -0.1) is 0 Å². The minimum Gasteiger partial charge on any atom is -0.508 e. The molecule has 1 aromatic carbocycles. The molecule has 0 radical (unpaired) electrons. The van der Waals surface area contributed by atoms with Crippen LogP contribution in [0, 0.1) is 13.8 Å². The van der Waals surface area contributed by atoms with Gasteiger partial charge in [0.05, 0.1) is 11.7 Å². The van der Waals surface area contributed by atoms with Gasteiger partial charge in [-0.1, -0.05) is 23.7 Å². The summed E-state index contributed by atoms with van der Waals surface area (Å²) in [4.78, 5) is 4.06. The summed E-state index contributed by atoms with van der Waals surface area (Å²) in [5.41, 5.74) is 3.70. The maximum Gasteiger partial charge on any atom is 0.152 e. The number of benzene rings is 1. The SMILES string of the molecule is Cc1ccc(C(C)Nc2c(C)ccnc2Cl)c(O)c1. The lowest BCUT2D eigenvalue weighted by molar-refractivity contribution is 0.465. The van der Waals surface area contributed by atoms with E-state index >= 15 is 0 Å². The van der Waals surface area contributed by atoms with Crippen molar-refractivity contribution in [1.82, 2.24) is 4.98 Å². The van der Waals surface area contributed by atoms with Crippen LogP contribution in [-0.2, 0) is 0 Å². The van der Waals surface area contributed by atoms with E-state index in [1.807, 2.05) is 39.0 Å². The molecule has 100 valence electrons. The number of phenols is 1. The quantitative estimate of drug-likeness (QED) is 0.825. The fourth-order valence-electron chi connectivity index (χ4n) is 2.01. The Kier molecular flexibility index (Phi) is 3.96. The molecule has 0 aliphatic carbocycles. The van der Waals surface area contributed by atoms with Crippen molar-refractivity contribution in [3.8, 4) is 5.75 Å². The number of pyridine rings is 1. The highest BCUT2D eigenvalue weighted by molar-refractivity contribution is 6.32. The number of nitrogens with one attached hydrogen (secondary N) is 1. The summed E-state index contributed by atoms with van der Waals surface area (Å²) < 4.78 is 0. The van der Waals surface area contributed by atoms with Gasteiger partial charge in [-0.25, -0.2) is 4.98 Å². The molecule has 1 atom stereocenters. The number of hydrogen-bond acceptors (Lipinski definition) is 3. The average molecular weight is 277 g/mol. The molecular weight excluding hydrogens is 260 g/mol. The van der Waals surface area contributed by atoms with E-state index in [-0.39, 0.29) is 11.8 Å². The topological polar surface area (TPSA) is 45.2 Å². The first-order valence-electron chi connectivity index (χ1n) is 6.16. The number of rotatable bonds is 3. The van der Waals surface area contributed by atoms with Gasteiger partial charge in [-0.2, -0.15) is 0 Å². The van der Waals surface area contributed by atoms with Crippen LogP contribution in [0.15, 0.2) is 30.5 Å². The number of aromatic hydroxyl groups is 1. The van der Waals surface area contributed by atoms with E-state index in [0.717, 1.165) is 22.4 Å². The standard InChI is InChI=1S/C15H17ClN2O/c1-9-4-5-12(13(19)8-9)11(3)18-14-10(2)6-7-17-15(14)16/h4-8,11,18-19H,1-3H3.